The number of benzene rings is 1. The van der Waals surface area contributed by atoms with E-state index in [0.717, 1.165) is 45.0 Å². The maximum atomic E-state index is 13.1. The van der Waals surface area contributed by atoms with Gasteiger partial charge in [-0.05, 0) is 23.6 Å². The molecule has 184 valence electrons. The average Bonchev–Trinajstić information content (AvgIpc) is 3.16. The van der Waals surface area contributed by atoms with Crippen LogP contribution in [0.25, 0.3) is 11.0 Å². The van der Waals surface area contributed by atoms with Gasteiger partial charge in [0.05, 0.1) is 18.9 Å². The lowest BCUT2D eigenvalue weighted by molar-refractivity contribution is 0.122. The van der Waals surface area contributed by atoms with E-state index in [-0.39, 0.29) is 11.0 Å². The molecule has 2 aromatic heterocycles. The summed E-state index contributed by atoms with van der Waals surface area (Å²) in [5.74, 6) is 1.06. The summed E-state index contributed by atoms with van der Waals surface area (Å²) < 4.78 is 7.16. The average molecular weight is 467 g/mol. The number of nitrogens with one attached hydrogen (secondary N) is 1. The maximum Gasteiger partial charge on any atom is 0.278 e. The molecule has 3 heterocycles. The summed E-state index contributed by atoms with van der Waals surface area (Å²) in [6.45, 7) is 15.5. The van der Waals surface area contributed by atoms with Gasteiger partial charge in [-0.1, -0.05) is 53.2 Å². The molecule has 1 fully saturated rings. The number of hydrogen-bond donors (Lipinski definition) is 1. The van der Waals surface area contributed by atoms with E-state index in [1.807, 2.05) is 7.05 Å². The van der Waals surface area contributed by atoms with E-state index in [9.17, 15) is 4.79 Å². The van der Waals surface area contributed by atoms with E-state index in [1.165, 1.54) is 11.3 Å². The molecular formula is C26H38N6O2. The summed E-state index contributed by atoms with van der Waals surface area (Å²) in [5.41, 5.74) is 4.08. The number of morpholine rings is 1. The Morgan fingerprint density at radius 1 is 1.24 bits per heavy atom. The number of aryl methyl sites for hydroxylation is 1. The van der Waals surface area contributed by atoms with Gasteiger partial charge in [-0.3, -0.25) is 14.5 Å². The largest absolute Gasteiger partial charge is 0.378 e. The van der Waals surface area contributed by atoms with Crippen molar-refractivity contribution in [1.29, 1.82) is 0 Å². The topological polar surface area (TPSA) is 79.3 Å². The van der Waals surface area contributed by atoms with Crippen LogP contribution in [0.4, 0.5) is 11.6 Å². The predicted octanol–water partition coefficient (Wildman–Crippen LogP) is 3.84. The molecule has 0 amide bonds. The minimum atomic E-state index is -0.217. The Morgan fingerprint density at radius 2 is 1.97 bits per heavy atom. The molecule has 34 heavy (non-hydrogen) atoms. The standard InChI is InChI=1S/C26H38N6O2/c1-7-18(2)16-32(17-19-9-8-10-20(15-19)31-11-13-34-14-12-31)25-27-21-22(24(33)28-25)30(6)29-23(21)26(3,4)5/h8-10,15,18H,7,11-14,16-17H2,1-6H3,(H,27,28,33). The summed E-state index contributed by atoms with van der Waals surface area (Å²) in [6.07, 6.45) is 1.05. The number of anilines is 2. The van der Waals surface area contributed by atoms with Crippen LogP contribution in [0.15, 0.2) is 29.1 Å². The van der Waals surface area contributed by atoms with Crippen molar-refractivity contribution in [2.24, 2.45) is 13.0 Å². The van der Waals surface area contributed by atoms with Crippen LogP contribution in [-0.4, -0.2) is 52.6 Å². The molecule has 1 aliphatic rings. The van der Waals surface area contributed by atoms with Gasteiger partial charge in [0.15, 0.2) is 5.52 Å². The zero-order valence-electron chi connectivity index (χ0n) is 21.4. The molecular weight excluding hydrogens is 428 g/mol. The number of H-pyrrole nitrogens is 1. The molecule has 1 N–H and O–H groups in total. The van der Waals surface area contributed by atoms with Crippen LogP contribution in [0.3, 0.4) is 0 Å². The SMILES string of the molecule is CCC(C)CN(Cc1cccc(N2CCOCC2)c1)c1nc2c(C(C)(C)C)nn(C)c2c(=O)[nH]1. The second kappa shape index (κ2) is 9.78. The van der Waals surface area contributed by atoms with Gasteiger partial charge in [-0.15, -0.1) is 0 Å². The number of hydrogen-bond acceptors (Lipinski definition) is 6. The van der Waals surface area contributed by atoms with Crippen LogP contribution in [0.5, 0.6) is 0 Å². The number of nitrogens with zero attached hydrogens (tertiary/aromatic N) is 5. The molecule has 8 nitrogen and oxygen atoms in total. The third-order valence-corrected chi connectivity index (χ3v) is 6.58. The molecule has 1 saturated heterocycles. The Bertz CT molecular complexity index is 1190. The van der Waals surface area contributed by atoms with Crippen molar-refractivity contribution in [3.8, 4) is 0 Å². The smallest absolute Gasteiger partial charge is 0.278 e. The summed E-state index contributed by atoms with van der Waals surface area (Å²) in [7, 11) is 1.81. The Labute approximate surface area is 201 Å². The van der Waals surface area contributed by atoms with Crippen molar-refractivity contribution in [3.05, 3.63) is 45.9 Å². The fourth-order valence-corrected chi connectivity index (χ4v) is 4.45. The highest BCUT2D eigenvalue weighted by Gasteiger charge is 2.26. The number of aromatic nitrogens is 4. The Kier molecular flexibility index (Phi) is 6.98. The summed E-state index contributed by atoms with van der Waals surface area (Å²) in [5, 5.41) is 4.65. The van der Waals surface area contributed by atoms with Crippen molar-refractivity contribution in [2.45, 2.75) is 53.0 Å². The second-order valence-corrected chi connectivity index (χ2v) is 10.5. The molecule has 3 aromatic rings. The van der Waals surface area contributed by atoms with E-state index >= 15 is 0 Å². The van der Waals surface area contributed by atoms with Crippen LogP contribution in [0.2, 0.25) is 0 Å². The zero-order chi connectivity index (χ0) is 24.5. The second-order valence-electron chi connectivity index (χ2n) is 10.5. The first-order valence-electron chi connectivity index (χ1n) is 12.3. The third-order valence-electron chi connectivity index (χ3n) is 6.58. The Balaban J connectivity index is 1.73. The highest BCUT2D eigenvalue weighted by atomic mass is 16.5. The van der Waals surface area contributed by atoms with Gasteiger partial charge in [-0.2, -0.15) is 5.10 Å². The van der Waals surface area contributed by atoms with E-state index in [1.54, 1.807) is 4.68 Å². The van der Waals surface area contributed by atoms with Crippen LogP contribution in [0.1, 0.15) is 52.3 Å². The molecule has 0 saturated carbocycles. The molecule has 0 bridgehead atoms. The quantitative estimate of drug-likeness (QED) is 0.570. The lowest BCUT2D eigenvalue weighted by atomic mass is 9.91. The van der Waals surface area contributed by atoms with Gasteiger partial charge in [0.25, 0.3) is 5.56 Å². The van der Waals surface area contributed by atoms with E-state index < -0.39 is 0 Å². The van der Waals surface area contributed by atoms with Gasteiger partial charge in [0, 0.05) is 44.3 Å². The minimum Gasteiger partial charge on any atom is -0.378 e. The molecule has 0 radical (unpaired) electrons. The first-order valence-corrected chi connectivity index (χ1v) is 12.3. The summed E-state index contributed by atoms with van der Waals surface area (Å²) >= 11 is 0. The third kappa shape index (κ3) is 5.12. The number of ether oxygens (including phenoxy) is 1. The highest BCUT2D eigenvalue weighted by Crippen LogP contribution is 2.28. The first kappa shape index (κ1) is 24.3. The van der Waals surface area contributed by atoms with Crippen molar-refractivity contribution in [1.82, 2.24) is 19.7 Å². The van der Waals surface area contributed by atoms with Crippen LogP contribution >= 0.6 is 0 Å². The van der Waals surface area contributed by atoms with Gasteiger partial charge in [0.1, 0.15) is 5.52 Å². The summed E-state index contributed by atoms with van der Waals surface area (Å²) in [6, 6.07) is 8.66. The van der Waals surface area contributed by atoms with Crippen molar-refractivity contribution in [3.63, 3.8) is 0 Å². The van der Waals surface area contributed by atoms with Gasteiger partial charge >= 0.3 is 0 Å². The monoisotopic (exact) mass is 466 g/mol. The molecule has 1 aliphatic heterocycles. The predicted molar refractivity (Wildman–Crippen MR) is 138 cm³/mol. The van der Waals surface area contributed by atoms with E-state index in [2.05, 4.69) is 78.8 Å². The molecule has 4 rings (SSSR count). The Hall–Kier alpha value is -2.87. The lowest BCUT2D eigenvalue weighted by Crippen LogP contribution is -2.36. The minimum absolute atomic E-state index is 0.151. The van der Waals surface area contributed by atoms with Crippen LogP contribution in [0, 0.1) is 5.92 Å². The maximum absolute atomic E-state index is 13.1. The fraction of sp³-hybridized carbons (Fsp3) is 0.577. The van der Waals surface area contributed by atoms with E-state index in [4.69, 9.17) is 9.72 Å². The Morgan fingerprint density at radius 3 is 2.65 bits per heavy atom. The molecule has 1 unspecified atom stereocenters. The summed E-state index contributed by atoms with van der Waals surface area (Å²) in [4.78, 5) is 25.7. The fourth-order valence-electron chi connectivity index (χ4n) is 4.45. The van der Waals surface area contributed by atoms with Crippen molar-refractivity contribution < 1.29 is 4.74 Å². The number of fused-ring (bicyclic) bond motifs is 1. The highest BCUT2D eigenvalue weighted by molar-refractivity contribution is 5.79. The molecule has 0 aliphatic carbocycles. The molecule has 8 heteroatoms. The van der Waals surface area contributed by atoms with E-state index in [0.29, 0.717) is 29.4 Å². The van der Waals surface area contributed by atoms with Gasteiger partial charge in [-0.25, -0.2) is 4.98 Å². The van der Waals surface area contributed by atoms with Crippen LogP contribution < -0.4 is 15.4 Å². The zero-order valence-corrected chi connectivity index (χ0v) is 21.4. The number of rotatable bonds is 7. The lowest BCUT2D eigenvalue weighted by Gasteiger charge is -2.30. The van der Waals surface area contributed by atoms with Gasteiger partial charge < -0.3 is 14.5 Å². The first-order chi connectivity index (χ1) is 16.2. The van der Waals surface area contributed by atoms with Crippen molar-refractivity contribution >= 4 is 22.7 Å². The molecule has 1 atom stereocenters. The van der Waals surface area contributed by atoms with Crippen LogP contribution in [-0.2, 0) is 23.7 Å². The van der Waals surface area contributed by atoms with Gasteiger partial charge in [0.2, 0.25) is 5.95 Å². The number of aromatic amines is 1. The van der Waals surface area contributed by atoms with Crippen molar-refractivity contribution in [2.75, 3.05) is 42.6 Å². The molecule has 1 aromatic carbocycles. The molecule has 0 spiro atoms. The normalized spacial score (nSPS) is 15.6.